The molecule has 1 aromatic carbocycles. The third-order valence-electron chi connectivity index (χ3n) is 5.66. The number of unbranched alkanes of at least 4 members (excludes halogenated alkanes) is 1. The number of hydrogen-bond donors (Lipinski definition) is 1. The molecule has 0 radical (unpaired) electrons. The second-order valence-corrected chi connectivity index (χ2v) is 10.3. The maximum atomic E-state index is 13.6. The second kappa shape index (κ2) is 15.0. The lowest BCUT2D eigenvalue weighted by Crippen LogP contribution is -2.53. The zero-order valence-corrected chi connectivity index (χ0v) is 22.4. The Morgan fingerprint density at radius 1 is 1.18 bits per heavy atom. The van der Waals surface area contributed by atoms with E-state index in [1.165, 1.54) is 6.38 Å². The van der Waals surface area contributed by atoms with Crippen LogP contribution in [0.25, 0.3) is 0 Å². The number of pyridine rings is 1. The van der Waals surface area contributed by atoms with Crippen LogP contribution in [0.5, 0.6) is 5.75 Å². The van der Waals surface area contributed by atoms with Crippen LogP contribution in [0.2, 0.25) is 0 Å². The molecule has 8 heteroatoms. The summed E-state index contributed by atoms with van der Waals surface area (Å²) in [5, 5.41) is 0. The third kappa shape index (κ3) is 7.45. The fraction of sp³-hybridized carbons (Fsp3) is 0.500. The van der Waals surface area contributed by atoms with E-state index in [1.54, 1.807) is 24.3 Å². The molecule has 190 valence electrons. The summed E-state index contributed by atoms with van der Waals surface area (Å²) in [6.07, 6.45) is 7.20. The van der Waals surface area contributed by atoms with Crippen molar-refractivity contribution in [1.29, 1.82) is 0 Å². The van der Waals surface area contributed by atoms with Gasteiger partial charge in [0.05, 0.1) is 0 Å². The molecule has 0 spiro atoms. The number of ether oxygens (including phenoxy) is 2. The van der Waals surface area contributed by atoms with Gasteiger partial charge in [-0.1, -0.05) is 33.3 Å². The molecule has 1 amide bonds. The highest BCUT2D eigenvalue weighted by atomic mass is 35.5. The lowest BCUT2D eigenvalue weighted by molar-refractivity contribution is -0.122. The number of primary amides is 1. The van der Waals surface area contributed by atoms with Crippen molar-refractivity contribution >= 4 is 32.9 Å². The number of hydrogen-bond acceptors (Lipinski definition) is 5. The van der Waals surface area contributed by atoms with Gasteiger partial charge in [-0.25, -0.2) is 0 Å². The fourth-order valence-electron chi connectivity index (χ4n) is 3.63. The van der Waals surface area contributed by atoms with E-state index >= 15 is 0 Å². The summed E-state index contributed by atoms with van der Waals surface area (Å²) in [5.41, 5.74) is 7.73. The smallest absolute Gasteiger partial charge is 0.236 e. The topological polar surface area (TPSA) is 91.5 Å². The Morgan fingerprint density at radius 3 is 2.29 bits per heavy atom. The van der Waals surface area contributed by atoms with Gasteiger partial charge in [-0.05, 0) is 61.9 Å². The third-order valence-corrected chi connectivity index (χ3v) is 8.57. The van der Waals surface area contributed by atoms with Gasteiger partial charge in [0.15, 0.2) is 0 Å². The van der Waals surface area contributed by atoms with Gasteiger partial charge in [-0.2, -0.15) is 0 Å². The van der Waals surface area contributed by atoms with Crippen LogP contribution in [0, 0.1) is 0 Å². The van der Waals surface area contributed by atoms with Crippen molar-refractivity contribution in [3.05, 3.63) is 53.9 Å². The average Bonchev–Trinajstić information content (AvgIpc) is 2.89. The van der Waals surface area contributed by atoms with Crippen LogP contribution in [-0.2, 0) is 32.1 Å². The van der Waals surface area contributed by atoms with E-state index < -0.39 is 20.2 Å². The molecule has 1 saturated heterocycles. The van der Waals surface area contributed by atoms with Crippen LogP contribution in [-0.4, -0.2) is 45.3 Å². The molecule has 1 aliphatic rings. The maximum Gasteiger partial charge on any atom is 0.236 e. The van der Waals surface area contributed by atoms with E-state index in [9.17, 15) is 9.00 Å². The summed E-state index contributed by atoms with van der Waals surface area (Å²) < 4.78 is 23.6. The van der Waals surface area contributed by atoms with Gasteiger partial charge < -0.3 is 15.2 Å². The molecule has 1 aromatic heterocycles. The van der Waals surface area contributed by atoms with Crippen molar-refractivity contribution in [3.63, 3.8) is 0 Å². The number of aryl methyl sites for hydroxylation is 1. The number of benzene rings is 1. The van der Waals surface area contributed by atoms with Crippen LogP contribution in [0.15, 0.2) is 47.5 Å². The predicted molar refractivity (Wildman–Crippen MR) is 142 cm³/mol. The lowest BCUT2D eigenvalue weighted by Gasteiger charge is -2.37. The van der Waals surface area contributed by atoms with Gasteiger partial charge in [0, 0.05) is 51.5 Å². The van der Waals surface area contributed by atoms with E-state index in [1.807, 2.05) is 32.2 Å². The summed E-state index contributed by atoms with van der Waals surface area (Å²) in [5.74, 6) is 3.99. The van der Waals surface area contributed by atoms with Crippen molar-refractivity contribution < 1.29 is 18.5 Å². The van der Waals surface area contributed by atoms with Gasteiger partial charge in [-0.15, -0.1) is 11.6 Å². The Kier molecular flexibility index (Phi) is 13.2. The van der Waals surface area contributed by atoms with Crippen molar-refractivity contribution in [3.8, 4) is 5.75 Å². The number of carbonyl (C=O) groups excluding carboxylic acids is 1. The lowest BCUT2D eigenvalue weighted by atomic mass is 9.98. The van der Waals surface area contributed by atoms with Crippen LogP contribution >= 0.6 is 11.6 Å². The number of nitrogens with zero attached hydrogens (tertiary/aromatic N) is 1. The zero-order valence-electron chi connectivity index (χ0n) is 20.8. The van der Waals surface area contributed by atoms with E-state index in [0.29, 0.717) is 43.3 Å². The monoisotopic (exact) mass is 510 g/mol. The quantitative estimate of drug-likeness (QED) is 0.379. The van der Waals surface area contributed by atoms with Gasteiger partial charge >= 0.3 is 0 Å². The summed E-state index contributed by atoms with van der Waals surface area (Å²) in [6, 6.07) is 11.0. The number of amides is 1. The highest BCUT2D eigenvalue weighted by Gasteiger charge is 2.46. The molecule has 34 heavy (non-hydrogen) atoms. The highest BCUT2D eigenvalue weighted by Crippen LogP contribution is 2.35. The molecule has 6 nitrogen and oxygen atoms in total. The predicted octanol–water partition coefficient (Wildman–Crippen LogP) is 4.99. The van der Waals surface area contributed by atoms with Crippen molar-refractivity contribution in [2.45, 2.75) is 69.1 Å². The summed E-state index contributed by atoms with van der Waals surface area (Å²) in [7, 11) is -2.94. The van der Waals surface area contributed by atoms with Crippen molar-refractivity contribution in [1.82, 2.24) is 4.98 Å². The van der Waals surface area contributed by atoms with Gasteiger partial charge in [0.25, 0.3) is 0 Å². The molecular formula is C26H39ClN2O4S. The molecule has 0 aliphatic carbocycles. The maximum absolute atomic E-state index is 13.6. The minimum absolute atomic E-state index is 0.310. The number of halogens is 1. The van der Waals surface area contributed by atoms with Gasteiger partial charge in [0.1, 0.15) is 17.1 Å². The molecule has 0 saturated carbocycles. The number of carbonyl (C=O) groups is 1. The molecule has 3 rings (SSSR count). The standard InChI is InChI=1S/C23H30N2O4S.C2H6.CH3Cl/c1-3-4-5-19-7-6-18(16-25-19)17-29-20-8-10-21(11-9-20)30(2,27)23(22(24)26)12-14-28-15-13-23;2*1-2/h6-11,16H,2-5,12-15,17H2,1H3,(H2,24,26);1-2H3;1H3. The van der Waals surface area contributed by atoms with Gasteiger partial charge in [-0.3, -0.25) is 14.0 Å². The largest absolute Gasteiger partial charge is 0.489 e. The SMILES string of the molecule is C=S(=O)(c1ccc(OCc2ccc(CCCC)nc2)cc1)C1(C(N)=O)CCOCC1.CC.CCl. The molecule has 2 aromatic rings. The van der Waals surface area contributed by atoms with Crippen LogP contribution < -0.4 is 10.5 Å². The molecule has 2 heterocycles. The first-order chi connectivity index (χ1) is 16.4. The number of alkyl halides is 1. The highest BCUT2D eigenvalue weighted by molar-refractivity contribution is 8.02. The Bertz CT molecular complexity index is 955. The van der Waals surface area contributed by atoms with Crippen molar-refractivity contribution in [2.24, 2.45) is 5.73 Å². The molecule has 1 fully saturated rings. The Labute approximate surface area is 210 Å². The molecule has 1 unspecified atom stereocenters. The number of nitrogens with two attached hydrogens (primary N) is 1. The summed E-state index contributed by atoms with van der Waals surface area (Å²) in [4.78, 5) is 17.2. The van der Waals surface area contributed by atoms with E-state index in [4.69, 9.17) is 15.2 Å². The van der Waals surface area contributed by atoms with E-state index in [-0.39, 0.29) is 0 Å². The van der Waals surface area contributed by atoms with E-state index in [0.717, 1.165) is 30.5 Å². The first kappa shape index (κ1) is 29.9. The molecule has 2 N–H and O–H groups in total. The first-order valence-electron chi connectivity index (χ1n) is 11.7. The first-order valence-corrected chi connectivity index (χ1v) is 14.2. The molecule has 1 aliphatic heterocycles. The van der Waals surface area contributed by atoms with Gasteiger partial charge in [0.2, 0.25) is 5.91 Å². The summed E-state index contributed by atoms with van der Waals surface area (Å²) >= 11 is 4.64. The zero-order chi connectivity index (χ0) is 25.6. The van der Waals surface area contributed by atoms with Crippen molar-refractivity contribution in [2.75, 3.05) is 19.6 Å². The Morgan fingerprint density at radius 2 is 1.79 bits per heavy atom. The fourth-order valence-corrected chi connectivity index (χ4v) is 5.81. The molecule has 0 bridgehead atoms. The van der Waals surface area contributed by atoms with Crippen LogP contribution in [0.1, 0.15) is 57.7 Å². The Balaban J connectivity index is 0.00000137. The number of rotatable bonds is 9. The van der Waals surface area contributed by atoms with E-state index in [2.05, 4.69) is 29.4 Å². The van der Waals surface area contributed by atoms with Crippen LogP contribution in [0.3, 0.4) is 0 Å². The minimum atomic E-state index is -2.94. The summed E-state index contributed by atoms with van der Waals surface area (Å²) in [6.45, 7) is 7.25. The normalized spacial score (nSPS) is 16.0. The second-order valence-electron chi connectivity index (χ2n) is 7.67. The number of aromatic nitrogens is 1. The molecule has 1 atom stereocenters. The van der Waals surface area contributed by atoms with Crippen LogP contribution in [0.4, 0.5) is 0 Å². The minimum Gasteiger partial charge on any atom is -0.489 e. The average molecular weight is 511 g/mol. The Hall–Kier alpha value is -2.09. The molecular weight excluding hydrogens is 472 g/mol.